The van der Waals surface area contributed by atoms with Crippen molar-refractivity contribution in [2.45, 2.75) is 39.5 Å². The van der Waals surface area contributed by atoms with Crippen LogP contribution >= 0.6 is 0 Å². The molecule has 0 bridgehead atoms. The minimum atomic E-state index is 0.130. The first-order chi connectivity index (χ1) is 7.61. The van der Waals surface area contributed by atoms with Gasteiger partial charge in [0.15, 0.2) is 0 Å². The molecule has 0 saturated carbocycles. The molecule has 2 N–H and O–H groups in total. The van der Waals surface area contributed by atoms with E-state index in [9.17, 15) is 4.79 Å². The van der Waals surface area contributed by atoms with Gasteiger partial charge >= 0.3 is 0 Å². The fourth-order valence-electron chi connectivity index (χ4n) is 2.06. The molecule has 4 heteroatoms. The molecule has 1 saturated heterocycles. The van der Waals surface area contributed by atoms with E-state index in [1.165, 1.54) is 0 Å². The van der Waals surface area contributed by atoms with Crippen LogP contribution in [0, 0.1) is 11.3 Å². The van der Waals surface area contributed by atoms with Gasteiger partial charge in [-0.2, -0.15) is 0 Å². The summed E-state index contributed by atoms with van der Waals surface area (Å²) in [6.45, 7) is 6.44. The first-order valence-corrected chi connectivity index (χ1v) is 6.19. The molecule has 1 atom stereocenters. The summed E-state index contributed by atoms with van der Waals surface area (Å²) in [4.78, 5) is 13.9. The van der Waals surface area contributed by atoms with E-state index < -0.39 is 0 Å². The molecule has 16 heavy (non-hydrogen) atoms. The Morgan fingerprint density at radius 2 is 2.06 bits per heavy atom. The van der Waals surface area contributed by atoms with E-state index in [0.717, 1.165) is 45.3 Å². The number of likely N-dealkylation sites (tertiary alicyclic amines) is 1. The molecular weight excluding hydrogens is 202 g/mol. The predicted octanol–water partition coefficient (Wildman–Crippen LogP) is 1.61. The van der Waals surface area contributed by atoms with Crippen molar-refractivity contribution in [3.8, 4) is 0 Å². The number of carbonyl (C=O) groups excluding carboxylic acids is 1. The third-order valence-corrected chi connectivity index (χ3v) is 3.04. The van der Waals surface area contributed by atoms with Crippen molar-refractivity contribution in [2.75, 3.05) is 19.6 Å². The lowest BCUT2D eigenvalue weighted by molar-refractivity contribution is -0.134. The third-order valence-electron chi connectivity index (χ3n) is 3.04. The zero-order valence-electron chi connectivity index (χ0n) is 10.4. The Bertz CT molecular complexity index is 247. The molecule has 0 spiro atoms. The van der Waals surface area contributed by atoms with E-state index in [1.54, 1.807) is 6.92 Å². The Balaban J connectivity index is 2.15. The number of nitrogens with one attached hydrogen (secondary N) is 2. The zero-order chi connectivity index (χ0) is 12.0. The van der Waals surface area contributed by atoms with Gasteiger partial charge in [0, 0.05) is 25.6 Å². The summed E-state index contributed by atoms with van der Waals surface area (Å²) in [6, 6.07) is 0. The second-order valence-corrected chi connectivity index (χ2v) is 4.63. The molecule has 1 rings (SSSR count). The standard InChI is InChI=1S/C12H23N3O/c1-10(6-5-7-14-11(2)13)12(16)15-8-3-4-9-15/h10H,3-9H2,1-2H3,(H2,13,14). The molecule has 1 amide bonds. The van der Waals surface area contributed by atoms with Gasteiger partial charge in [-0.3, -0.25) is 10.2 Å². The summed E-state index contributed by atoms with van der Waals surface area (Å²) in [5.74, 6) is 0.938. The Morgan fingerprint density at radius 1 is 1.44 bits per heavy atom. The smallest absolute Gasteiger partial charge is 0.225 e. The molecule has 1 fully saturated rings. The fourth-order valence-corrected chi connectivity index (χ4v) is 2.06. The minimum Gasteiger partial charge on any atom is -0.374 e. The average molecular weight is 225 g/mol. The van der Waals surface area contributed by atoms with Crippen molar-refractivity contribution in [1.29, 1.82) is 5.41 Å². The number of amidine groups is 1. The molecule has 0 aromatic heterocycles. The van der Waals surface area contributed by atoms with Gasteiger partial charge in [-0.05, 0) is 32.6 Å². The van der Waals surface area contributed by atoms with Crippen LogP contribution in [-0.2, 0) is 4.79 Å². The van der Waals surface area contributed by atoms with Crippen molar-refractivity contribution < 1.29 is 4.79 Å². The van der Waals surface area contributed by atoms with E-state index in [-0.39, 0.29) is 5.92 Å². The van der Waals surface area contributed by atoms with E-state index in [4.69, 9.17) is 5.41 Å². The van der Waals surface area contributed by atoms with Crippen LogP contribution in [0.1, 0.15) is 39.5 Å². The largest absolute Gasteiger partial charge is 0.374 e. The molecule has 92 valence electrons. The van der Waals surface area contributed by atoms with E-state index in [2.05, 4.69) is 5.32 Å². The highest BCUT2D eigenvalue weighted by Gasteiger charge is 2.22. The van der Waals surface area contributed by atoms with Crippen molar-refractivity contribution in [1.82, 2.24) is 10.2 Å². The fraction of sp³-hybridized carbons (Fsp3) is 0.833. The van der Waals surface area contributed by atoms with Crippen LogP contribution in [0.3, 0.4) is 0 Å². The van der Waals surface area contributed by atoms with Crippen LogP contribution in [-0.4, -0.2) is 36.3 Å². The van der Waals surface area contributed by atoms with Crippen molar-refractivity contribution in [2.24, 2.45) is 5.92 Å². The maximum atomic E-state index is 11.9. The number of hydrogen-bond donors (Lipinski definition) is 2. The molecule has 1 aliphatic heterocycles. The van der Waals surface area contributed by atoms with Crippen molar-refractivity contribution in [3.05, 3.63) is 0 Å². The van der Waals surface area contributed by atoms with Gasteiger partial charge in [0.25, 0.3) is 0 Å². The van der Waals surface area contributed by atoms with E-state index in [0.29, 0.717) is 11.7 Å². The summed E-state index contributed by atoms with van der Waals surface area (Å²) in [5.41, 5.74) is 0. The molecule has 0 aromatic rings. The summed E-state index contributed by atoms with van der Waals surface area (Å²) in [5, 5.41) is 10.2. The van der Waals surface area contributed by atoms with Crippen molar-refractivity contribution >= 4 is 11.7 Å². The average Bonchev–Trinajstić information content (AvgIpc) is 2.76. The van der Waals surface area contributed by atoms with E-state index >= 15 is 0 Å². The maximum Gasteiger partial charge on any atom is 0.225 e. The second-order valence-electron chi connectivity index (χ2n) is 4.63. The Kier molecular flexibility index (Phi) is 5.29. The normalized spacial score (nSPS) is 17.2. The van der Waals surface area contributed by atoms with Gasteiger partial charge < -0.3 is 10.2 Å². The monoisotopic (exact) mass is 225 g/mol. The lowest BCUT2D eigenvalue weighted by Gasteiger charge is -2.20. The van der Waals surface area contributed by atoms with Gasteiger partial charge in [-0.1, -0.05) is 6.92 Å². The van der Waals surface area contributed by atoms with Crippen LogP contribution in [0.2, 0.25) is 0 Å². The highest BCUT2D eigenvalue weighted by molar-refractivity contribution is 5.78. The number of hydrogen-bond acceptors (Lipinski definition) is 2. The van der Waals surface area contributed by atoms with Crippen LogP contribution in [0.15, 0.2) is 0 Å². The predicted molar refractivity (Wildman–Crippen MR) is 65.6 cm³/mol. The topological polar surface area (TPSA) is 56.2 Å². The first kappa shape index (κ1) is 13.0. The van der Waals surface area contributed by atoms with E-state index in [1.807, 2.05) is 11.8 Å². The lowest BCUT2D eigenvalue weighted by Crippen LogP contribution is -2.33. The Labute approximate surface area is 97.9 Å². The molecule has 0 aliphatic carbocycles. The highest BCUT2D eigenvalue weighted by Crippen LogP contribution is 2.14. The maximum absolute atomic E-state index is 11.9. The summed E-state index contributed by atoms with van der Waals surface area (Å²) < 4.78 is 0. The summed E-state index contributed by atoms with van der Waals surface area (Å²) >= 11 is 0. The zero-order valence-corrected chi connectivity index (χ0v) is 10.4. The molecule has 1 unspecified atom stereocenters. The number of amides is 1. The number of nitrogens with zero attached hydrogens (tertiary/aromatic N) is 1. The molecule has 1 heterocycles. The number of rotatable bonds is 5. The molecule has 4 nitrogen and oxygen atoms in total. The Morgan fingerprint density at radius 3 is 2.62 bits per heavy atom. The summed E-state index contributed by atoms with van der Waals surface area (Å²) in [6.07, 6.45) is 4.19. The van der Waals surface area contributed by atoms with Crippen LogP contribution in [0.25, 0.3) is 0 Å². The number of carbonyl (C=O) groups is 1. The van der Waals surface area contributed by atoms with Gasteiger partial charge in [0.05, 0.1) is 5.84 Å². The van der Waals surface area contributed by atoms with Gasteiger partial charge in [0.2, 0.25) is 5.91 Å². The van der Waals surface area contributed by atoms with Gasteiger partial charge in [-0.25, -0.2) is 0 Å². The van der Waals surface area contributed by atoms with Gasteiger partial charge in [-0.15, -0.1) is 0 Å². The lowest BCUT2D eigenvalue weighted by atomic mass is 10.0. The quantitative estimate of drug-likeness (QED) is 0.424. The second kappa shape index (κ2) is 6.51. The molecule has 1 aliphatic rings. The summed E-state index contributed by atoms with van der Waals surface area (Å²) in [7, 11) is 0. The minimum absolute atomic E-state index is 0.130. The molecule has 0 radical (unpaired) electrons. The SMILES string of the molecule is CC(=N)NCCCC(C)C(=O)N1CCCC1. The van der Waals surface area contributed by atoms with Crippen LogP contribution in [0.5, 0.6) is 0 Å². The first-order valence-electron chi connectivity index (χ1n) is 6.19. The molecule has 0 aromatic carbocycles. The van der Waals surface area contributed by atoms with Crippen LogP contribution in [0.4, 0.5) is 0 Å². The Hall–Kier alpha value is -1.06. The van der Waals surface area contributed by atoms with Crippen LogP contribution < -0.4 is 5.32 Å². The molecular formula is C12H23N3O. The van der Waals surface area contributed by atoms with Gasteiger partial charge in [0.1, 0.15) is 0 Å². The highest BCUT2D eigenvalue weighted by atomic mass is 16.2. The van der Waals surface area contributed by atoms with Crippen molar-refractivity contribution in [3.63, 3.8) is 0 Å². The third kappa shape index (κ3) is 4.21.